The molecule has 0 unspecified atom stereocenters. The van der Waals surface area contributed by atoms with Crippen molar-refractivity contribution in [2.45, 2.75) is 24.5 Å². The maximum Gasteiger partial charge on any atom is 0.248 e. The molecule has 5 nitrogen and oxygen atoms in total. The minimum Gasteiger partial charge on any atom is -0.350 e. The van der Waals surface area contributed by atoms with Crippen LogP contribution in [0.3, 0.4) is 0 Å². The first-order chi connectivity index (χ1) is 16.1. The molecule has 0 saturated carbocycles. The van der Waals surface area contributed by atoms with Crippen molar-refractivity contribution in [1.82, 2.24) is 9.88 Å². The quantitative estimate of drug-likeness (QED) is 0.472. The molecule has 4 aromatic rings. The second kappa shape index (κ2) is 8.79. The molecule has 1 atom stereocenters. The van der Waals surface area contributed by atoms with E-state index in [-0.39, 0.29) is 17.6 Å². The fourth-order valence-electron chi connectivity index (χ4n) is 4.55. The molecule has 166 valence electrons. The van der Waals surface area contributed by atoms with Crippen molar-refractivity contribution in [2.24, 2.45) is 7.05 Å². The summed E-state index contributed by atoms with van der Waals surface area (Å²) in [5.74, 6) is 0.0125. The summed E-state index contributed by atoms with van der Waals surface area (Å²) in [4.78, 5) is 29.0. The highest BCUT2D eigenvalue weighted by Gasteiger charge is 2.40. The number of carbonyl (C=O) groups is 2. The standard InChI is InChI=1S/C27H25N3O2S/c1-18-10-6-8-14-21(18)30-23(31)17-33-27-24(20-13-7-9-15-22(20)29(27)2)25(30)26(32)28-16-19-11-4-3-5-12-19/h3-15,25H,16-17H2,1-2H3,(H,28,32)/t25-/m0/s1. The lowest BCUT2D eigenvalue weighted by atomic mass is 10.0. The third-order valence-corrected chi connectivity index (χ3v) is 7.31. The second-order valence-corrected chi connectivity index (χ2v) is 9.20. The molecular formula is C27H25N3O2S. The van der Waals surface area contributed by atoms with Gasteiger partial charge in [0.2, 0.25) is 11.8 Å². The number of nitrogens with zero attached hydrogens (tertiary/aromatic N) is 2. The van der Waals surface area contributed by atoms with E-state index in [4.69, 9.17) is 0 Å². The van der Waals surface area contributed by atoms with E-state index in [2.05, 4.69) is 16.0 Å². The van der Waals surface area contributed by atoms with E-state index in [1.54, 1.807) is 4.90 Å². The fraction of sp³-hybridized carbons (Fsp3) is 0.185. The number of aryl methyl sites for hydroxylation is 2. The molecule has 1 N–H and O–H groups in total. The van der Waals surface area contributed by atoms with Crippen molar-refractivity contribution in [3.63, 3.8) is 0 Å². The van der Waals surface area contributed by atoms with Crippen LogP contribution in [-0.2, 0) is 23.2 Å². The number of thioether (sulfide) groups is 1. The smallest absolute Gasteiger partial charge is 0.248 e. The highest BCUT2D eigenvalue weighted by molar-refractivity contribution is 8.00. The molecule has 2 heterocycles. The van der Waals surface area contributed by atoms with Crippen molar-refractivity contribution >= 4 is 40.2 Å². The van der Waals surface area contributed by atoms with Crippen molar-refractivity contribution in [1.29, 1.82) is 0 Å². The minimum atomic E-state index is -0.765. The van der Waals surface area contributed by atoms with Crippen LogP contribution in [-0.4, -0.2) is 22.1 Å². The summed E-state index contributed by atoms with van der Waals surface area (Å²) in [6.07, 6.45) is 0. The predicted octanol–water partition coefficient (Wildman–Crippen LogP) is 4.98. The number of para-hydroxylation sites is 2. The predicted molar refractivity (Wildman–Crippen MR) is 133 cm³/mol. The van der Waals surface area contributed by atoms with Crippen molar-refractivity contribution in [3.8, 4) is 0 Å². The van der Waals surface area contributed by atoms with E-state index in [1.165, 1.54) is 11.8 Å². The Balaban J connectivity index is 1.67. The maximum absolute atomic E-state index is 13.9. The van der Waals surface area contributed by atoms with Gasteiger partial charge in [-0.05, 0) is 30.2 Å². The molecule has 5 rings (SSSR count). The zero-order valence-electron chi connectivity index (χ0n) is 18.6. The molecule has 0 radical (unpaired) electrons. The lowest BCUT2D eigenvalue weighted by Crippen LogP contribution is -2.44. The summed E-state index contributed by atoms with van der Waals surface area (Å²) in [5, 5.41) is 5.05. The van der Waals surface area contributed by atoms with Gasteiger partial charge < -0.3 is 9.88 Å². The first-order valence-corrected chi connectivity index (χ1v) is 11.9. The highest BCUT2D eigenvalue weighted by Crippen LogP contribution is 2.43. The average Bonchev–Trinajstić information content (AvgIpc) is 3.02. The summed E-state index contributed by atoms with van der Waals surface area (Å²) in [5.41, 5.74) is 4.68. The summed E-state index contributed by atoms with van der Waals surface area (Å²) in [6, 6.07) is 24.9. The minimum absolute atomic E-state index is 0.0746. The fourth-order valence-corrected chi connectivity index (χ4v) is 5.62. The van der Waals surface area contributed by atoms with E-state index in [0.717, 1.165) is 38.3 Å². The van der Waals surface area contributed by atoms with Crippen LogP contribution < -0.4 is 10.2 Å². The molecular weight excluding hydrogens is 430 g/mol. The zero-order chi connectivity index (χ0) is 22.9. The number of anilines is 1. The van der Waals surface area contributed by atoms with Crippen LogP contribution >= 0.6 is 11.8 Å². The summed E-state index contributed by atoms with van der Waals surface area (Å²) >= 11 is 1.50. The van der Waals surface area contributed by atoms with E-state index in [1.807, 2.05) is 86.8 Å². The number of amides is 2. The van der Waals surface area contributed by atoms with Gasteiger partial charge in [0.05, 0.1) is 10.8 Å². The number of fused-ring (bicyclic) bond motifs is 3. The number of benzene rings is 3. The Morgan fingerprint density at radius 3 is 2.48 bits per heavy atom. The molecule has 2 amide bonds. The van der Waals surface area contributed by atoms with E-state index < -0.39 is 6.04 Å². The first kappa shape index (κ1) is 21.3. The second-order valence-electron chi connectivity index (χ2n) is 8.24. The number of nitrogens with one attached hydrogen (secondary N) is 1. The van der Waals surface area contributed by atoms with Gasteiger partial charge in [-0.3, -0.25) is 14.5 Å². The lowest BCUT2D eigenvalue weighted by Gasteiger charge is -2.31. The van der Waals surface area contributed by atoms with Crippen LogP contribution in [0.25, 0.3) is 10.9 Å². The van der Waals surface area contributed by atoms with Gasteiger partial charge in [0.25, 0.3) is 0 Å². The van der Waals surface area contributed by atoms with Crippen molar-refractivity contribution in [3.05, 3.63) is 95.6 Å². The molecule has 6 heteroatoms. The van der Waals surface area contributed by atoms with Gasteiger partial charge in [-0.15, -0.1) is 0 Å². The van der Waals surface area contributed by atoms with E-state index >= 15 is 0 Å². The summed E-state index contributed by atoms with van der Waals surface area (Å²) in [7, 11) is 2.00. The van der Waals surface area contributed by atoms with Gasteiger partial charge in [0.1, 0.15) is 6.04 Å². The Morgan fingerprint density at radius 2 is 1.70 bits per heavy atom. The van der Waals surface area contributed by atoms with Gasteiger partial charge in [-0.2, -0.15) is 0 Å². The first-order valence-electron chi connectivity index (χ1n) is 11.0. The summed E-state index contributed by atoms with van der Waals surface area (Å²) < 4.78 is 2.10. The van der Waals surface area contributed by atoms with E-state index in [0.29, 0.717) is 6.54 Å². The number of hydrogen-bond acceptors (Lipinski definition) is 3. The van der Waals surface area contributed by atoms with Gasteiger partial charge in [-0.1, -0.05) is 78.5 Å². The van der Waals surface area contributed by atoms with Crippen LogP contribution in [0, 0.1) is 6.92 Å². The third-order valence-electron chi connectivity index (χ3n) is 6.16. The summed E-state index contributed by atoms with van der Waals surface area (Å²) in [6.45, 7) is 2.38. The number of aromatic nitrogens is 1. The van der Waals surface area contributed by atoms with Crippen LogP contribution in [0.2, 0.25) is 0 Å². The largest absolute Gasteiger partial charge is 0.350 e. The van der Waals surface area contributed by atoms with Crippen molar-refractivity contribution in [2.75, 3.05) is 10.7 Å². The molecule has 0 fully saturated rings. The van der Waals surface area contributed by atoms with Gasteiger partial charge >= 0.3 is 0 Å². The molecule has 1 aliphatic heterocycles. The zero-order valence-corrected chi connectivity index (χ0v) is 19.4. The lowest BCUT2D eigenvalue weighted by molar-refractivity contribution is -0.125. The maximum atomic E-state index is 13.9. The Hall–Kier alpha value is -3.51. The molecule has 1 aliphatic rings. The van der Waals surface area contributed by atoms with Crippen LogP contribution in [0.4, 0.5) is 5.69 Å². The molecule has 1 aromatic heterocycles. The third kappa shape index (κ3) is 3.80. The van der Waals surface area contributed by atoms with Gasteiger partial charge in [-0.25, -0.2) is 0 Å². The molecule has 3 aromatic carbocycles. The van der Waals surface area contributed by atoms with Gasteiger partial charge in [0.15, 0.2) is 0 Å². The average molecular weight is 456 g/mol. The highest BCUT2D eigenvalue weighted by atomic mass is 32.2. The molecule has 0 bridgehead atoms. The monoisotopic (exact) mass is 455 g/mol. The molecule has 0 saturated heterocycles. The Morgan fingerprint density at radius 1 is 1.00 bits per heavy atom. The van der Waals surface area contributed by atoms with Crippen LogP contribution in [0.1, 0.15) is 22.7 Å². The molecule has 0 aliphatic carbocycles. The van der Waals surface area contributed by atoms with Crippen molar-refractivity contribution < 1.29 is 9.59 Å². The molecule has 0 spiro atoms. The Bertz CT molecular complexity index is 1350. The van der Waals surface area contributed by atoms with E-state index in [9.17, 15) is 9.59 Å². The number of carbonyl (C=O) groups excluding carboxylic acids is 2. The molecule has 33 heavy (non-hydrogen) atoms. The Kier molecular flexibility index (Phi) is 5.68. The number of hydrogen-bond donors (Lipinski definition) is 1. The topological polar surface area (TPSA) is 54.3 Å². The van der Waals surface area contributed by atoms with Crippen LogP contribution in [0.15, 0.2) is 83.9 Å². The number of rotatable bonds is 4. The normalized spacial score (nSPS) is 15.9. The Labute approximate surface area is 197 Å². The van der Waals surface area contributed by atoms with Crippen LogP contribution in [0.5, 0.6) is 0 Å². The SMILES string of the molecule is Cc1ccccc1N1C(=O)CSc2c(c3ccccc3n2C)[C@H]1C(=O)NCc1ccccc1. The van der Waals surface area contributed by atoms with Gasteiger partial charge in [0, 0.05) is 35.7 Å².